The first-order chi connectivity index (χ1) is 15.1. The zero-order valence-corrected chi connectivity index (χ0v) is 19.3. The first-order valence-corrected chi connectivity index (χ1v) is 11.7. The fourth-order valence-electron chi connectivity index (χ4n) is 3.79. The highest BCUT2D eigenvalue weighted by Gasteiger charge is 2.26. The standard InChI is InChI=1S/C24H40N4O3/c1-4-20(5-2)23(30)28-14-12-21(13-15-28)27-24(25-6-3)26-16-22(29)18-31-17-19-10-8-7-9-11-19/h7-11,20-22,29H,4-6,12-18H2,1-3H3,(H2,25,26,27). The Morgan fingerprint density at radius 3 is 2.48 bits per heavy atom. The van der Waals surface area contributed by atoms with Crippen molar-refractivity contribution in [2.24, 2.45) is 10.9 Å². The van der Waals surface area contributed by atoms with Crippen molar-refractivity contribution >= 4 is 11.9 Å². The van der Waals surface area contributed by atoms with Gasteiger partial charge in [-0.3, -0.25) is 9.79 Å². The molecule has 174 valence electrons. The van der Waals surface area contributed by atoms with Crippen molar-refractivity contribution in [3.05, 3.63) is 35.9 Å². The molecule has 2 rings (SSSR count). The molecular formula is C24H40N4O3. The lowest BCUT2D eigenvalue weighted by molar-refractivity contribution is -0.136. The molecule has 1 heterocycles. The third-order valence-electron chi connectivity index (χ3n) is 5.71. The number of amides is 1. The second-order valence-electron chi connectivity index (χ2n) is 8.13. The van der Waals surface area contributed by atoms with Crippen LogP contribution in [0.1, 0.15) is 52.0 Å². The Hall–Kier alpha value is -2.12. The number of carbonyl (C=O) groups is 1. The van der Waals surface area contributed by atoms with Gasteiger partial charge in [0.2, 0.25) is 5.91 Å². The number of piperidine rings is 1. The second kappa shape index (κ2) is 14.0. The Morgan fingerprint density at radius 1 is 1.19 bits per heavy atom. The van der Waals surface area contributed by atoms with Gasteiger partial charge in [0, 0.05) is 31.6 Å². The molecular weight excluding hydrogens is 392 g/mol. The van der Waals surface area contributed by atoms with Crippen LogP contribution < -0.4 is 10.6 Å². The maximum atomic E-state index is 12.6. The average Bonchev–Trinajstić information content (AvgIpc) is 2.79. The zero-order valence-electron chi connectivity index (χ0n) is 19.3. The highest BCUT2D eigenvalue weighted by molar-refractivity contribution is 5.80. The molecule has 7 heteroatoms. The van der Waals surface area contributed by atoms with E-state index in [0.717, 1.165) is 50.9 Å². The third kappa shape index (κ3) is 8.87. The number of carbonyl (C=O) groups excluding carboxylic acids is 1. The van der Waals surface area contributed by atoms with Crippen molar-refractivity contribution in [3.63, 3.8) is 0 Å². The fraction of sp³-hybridized carbons (Fsp3) is 0.667. The predicted molar refractivity (Wildman–Crippen MR) is 125 cm³/mol. The summed E-state index contributed by atoms with van der Waals surface area (Å²) >= 11 is 0. The van der Waals surface area contributed by atoms with Gasteiger partial charge in [0.05, 0.1) is 25.9 Å². The molecule has 0 aliphatic carbocycles. The highest BCUT2D eigenvalue weighted by atomic mass is 16.5. The van der Waals surface area contributed by atoms with Gasteiger partial charge < -0.3 is 25.4 Å². The van der Waals surface area contributed by atoms with Gasteiger partial charge >= 0.3 is 0 Å². The summed E-state index contributed by atoms with van der Waals surface area (Å²) in [5.41, 5.74) is 1.09. The van der Waals surface area contributed by atoms with Crippen LogP contribution in [-0.4, -0.2) is 66.8 Å². The summed E-state index contributed by atoms with van der Waals surface area (Å²) in [7, 11) is 0. The Labute approximate surface area is 187 Å². The number of aliphatic hydroxyl groups excluding tert-OH is 1. The van der Waals surface area contributed by atoms with Crippen molar-refractivity contribution in [2.45, 2.75) is 65.2 Å². The number of hydrogen-bond acceptors (Lipinski definition) is 4. The van der Waals surface area contributed by atoms with Crippen LogP contribution in [0.15, 0.2) is 35.3 Å². The number of hydrogen-bond donors (Lipinski definition) is 3. The van der Waals surface area contributed by atoms with Crippen LogP contribution >= 0.6 is 0 Å². The monoisotopic (exact) mass is 432 g/mol. The maximum Gasteiger partial charge on any atom is 0.225 e. The van der Waals surface area contributed by atoms with Gasteiger partial charge in [0.25, 0.3) is 0 Å². The van der Waals surface area contributed by atoms with Gasteiger partial charge in [-0.2, -0.15) is 0 Å². The first-order valence-electron chi connectivity index (χ1n) is 11.7. The lowest BCUT2D eigenvalue weighted by Gasteiger charge is -2.35. The number of nitrogens with one attached hydrogen (secondary N) is 2. The van der Waals surface area contributed by atoms with Gasteiger partial charge in [-0.25, -0.2) is 0 Å². The largest absolute Gasteiger partial charge is 0.389 e. The van der Waals surface area contributed by atoms with E-state index in [0.29, 0.717) is 18.5 Å². The van der Waals surface area contributed by atoms with E-state index in [-0.39, 0.29) is 25.1 Å². The normalized spacial score (nSPS) is 16.4. The van der Waals surface area contributed by atoms with E-state index in [1.165, 1.54) is 0 Å². The number of aliphatic imine (C=N–C) groups is 1. The lowest BCUT2D eigenvalue weighted by Crippen LogP contribution is -2.50. The van der Waals surface area contributed by atoms with Crippen LogP contribution in [0.4, 0.5) is 0 Å². The van der Waals surface area contributed by atoms with Crippen molar-refractivity contribution in [2.75, 3.05) is 32.8 Å². The molecule has 1 saturated heterocycles. The highest BCUT2D eigenvalue weighted by Crippen LogP contribution is 2.17. The quantitative estimate of drug-likeness (QED) is 0.370. The minimum atomic E-state index is -0.654. The van der Waals surface area contributed by atoms with E-state index >= 15 is 0 Å². The summed E-state index contributed by atoms with van der Waals surface area (Å²) in [6.45, 7) is 9.50. The number of rotatable bonds is 11. The predicted octanol–water partition coefficient (Wildman–Crippen LogP) is 2.55. The Balaban J connectivity index is 1.75. The van der Waals surface area contributed by atoms with Gasteiger partial charge in [0.15, 0.2) is 5.96 Å². The van der Waals surface area contributed by atoms with Crippen LogP contribution in [0.25, 0.3) is 0 Å². The summed E-state index contributed by atoms with van der Waals surface area (Å²) in [5, 5.41) is 16.9. The molecule has 3 N–H and O–H groups in total. The zero-order chi connectivity index (χ0) is 22.5. The van der Waals surface area contributed by atoms with Crippen LogP contribution in [0, 0.1) is 5.92 Å². The Bertz CT molecular complexity index is 656. The Kier molecular flexibility index (Phi) is 11.4. The minimum Gasteiger partial charge on any atom is -0.389 e. The van der Waals surface area contributed by atoms with Gasteiger partial charge in [-0.1, -0.05) is 44.2 Å². The minimum absolute atomic E-state index is 0.147. The molecule has 0 aromatic heterocycles. The SMILES string of the molecule is CCNC(=NCC(O)COCc1ccccc1)NC1CCN(C(=O)C(CC)CC)CC1. The van der Waals surface area contributed by atoms with E-state index in [4.69, 9.17) is 4.74 Å². The fourth-order valence-corrected chi connectivity index (χ4v) is 3.79. The topological polar surface area (TPSA) is 86.2 Å². The molecule has 0 saturated carbocycles. The molecule has 1 fully saturated rings. The molecule has 1 atom stereocenters. The van der Waals surface area contributed by atoms with E-state index in [2.05, 4.69) is 29.5 Å². The van der Waals surface area contributed by atoms with Gasteiger partial charge in [-0.15, -0.1) is 0 Å². The van der Waals surface area contributed by atoms with Crippen molar-refractivity contribution < 1.29 is 14.6 Å². The molecule has 1 unspecified atom stereocenters. The van der Waals surface area contributed by atoms with Gasteiger partial charge in [-0.05, 0) is 38.2 Å². The number of likely N-dealkylation sites (tertiary alicyclic amines) is 1. The lowest BCUT2D eigenvalue weighted by atomic mass is 9.98. The molecule has 0 spiro atoms. The van der Waals surface area contributed by atoms with Crippen LogP contribution in [0.2, 0.25) is 0 Å². The van der Waals surface area contributed by atoms with E-state index < -0.39 is 6.10 Å². The second-order valence-corrected chi connectivity index (χ2v) is 8.13. The third-order valence-corrected chi connectivity index (χ3v) is 5.71. The van der Waals surface area contributed by atoms with Crippen molar-refractivity contribution in [1.29, 1.82) is 0 Å². The number of nitrogens with zero attached hydrogens (tertiary/aromatic N) is 2. The molecule has 1 aromatic rings. The molecule has 7 nitrogen and oxygen atoms in total. The Morgan fingerprint density at radius 2 is 1.87 bits per heavy atom. The van der Waals surface area contributed by atoms with Crippen LogP contribution in [-0.2, 0) is 16.1 Å². The molecule has 0 radical (unpaired) electrons. The summed E-state index contributed by atoms with van der Waals surface area (Å²) in [6, 6.07) is 10.2. The smallest absolute Gasteiger partial charge is 0.225 e. The van der Waals surface area contributed by atoms with E-state index in [1.54, 1.807) is 0 Å². The van der Waals surface area contributed by atoms with Crippen LogP contribution in [0.5, 0.6) is 0 Å². The summed E-state index contributed by atoms with van der Waals surface area (Å²) in [4.78, 5) is 19.1. The van der Waals surface area contributed by atoms with E-state index in [1.807, 2.05) is 42.2 Å². The van der Waals surface area contributed by atoms with E-state index in [9.17, 15) is 9.90 Å². The summed E-state index contributed by atoms with van der Waals surface area (Å²) in [5.74, 6) is 1.14. The number of benzene rings is 1. The summed E-state index contributed by atoms with van der Waals surface area (Å²) in [6.07, 6.45) is 2.96. The first kappa shape index (κ1) is 25.1. The maximum absolute atomic E-state index is 12.6. The van der Waals surface area contributed by atoms with Crippen molar-refractivity contribution in [1.82, 2.24) is 15.5 Å². The molecule has 1 aliphatic rings. The van der Waals surface area contributed by atoms with Crippen molar-refractivity contribution in [3.8, 4) is 0 Å². The molecule has 0 bridgehead atoms. The number of aliphatic hydroxyl groups is 1. The number of guanidine groups is 1. The average molecular weight is 433 g/mol. The number of ether oxygens (including phenoxy) is 1. The van der Waals surface area contributed by atoms with Crippen LogP contribution in [0.3, 0.4) is 0 Å². The molecule has 1 aliphatic heterocycles. The molecule has 1 amide bonds. The van der Waals surface area contributed by atoms with Gasteiger partial charge in [0.1, 0.15) is 0 Å². The summed E-state index contributed by atoms with van der Waals surface area (Å²) < 4.78 is 5.60. The molecule has 31 heavy (non-hydrogen) atoms. The molecule has 1 aromatic carbocycles.